The van der Waals surface area contributed by atoms with Crippen molar-refractivity contribution in [2.75, 3.05) is 6.61 Å². The van der Waals surface area contributed by atoms with E-state index in [0.717, 1.165) is 0 Å². The van der Waals surface area contributed by atoms with Crippen LogP contribution in [0.2, 0.25) is 0 Å². The van der Waals surface area contributed by atoms with Gasteiger partial charge in [-0.25, -0.2) is 4.79 Å². The van der Waals surface area contributed by atoms with Crippen LogP contribution in [0.25, 0.3) is 0 Å². The molecule has 0 aromatic rings. The number of hydrogen-bond donors (Lipinski definition) is 4. The van der Waals surface area contributed by atoms with Crippen molar-refractivity contribution in [3.63, 3.8) is 0 Å². The SMILES string of the molecule is O=C(O)C(=O)[C@@H](O)[C@@H](O)CO. The van der Waals surface area contributed by atoms with Gasteiger partial charge in [-0.15, -0.1) is 0 Å². The summed E-state index contributed by atoms with van der Waals surface area (Å²) < 4.78 is 0. The highest BCUT2D eigenvalue weighted by Crippen LogP contribution is 1.93. The number of carboxylic acid groups (broad SMARTS) is 1. The smallest absolute Gasteiger partial charge is 0.375 e. The minimum absolute atomic E-state index is 0.861. The minimum Gasteiger partial charge on any atom is -0.475 e. The van der Waals surface area contributed by atoms with Gasteiger partial charge in [0.2, 0.25) is 0 Å². The molecule has 0 aliphatic carbocycles. The molecule has 0 radical (unpaired) electrons. The fourth-order valence-electron chi connectivity index (χ4n) is 0.401. The normalized spacial score (nSPS) is 15.5. The monoisotopic (exact) mass is 164 g/mol. The quantitative estimate of drug-likeness (QED) is 0.337. The maximum atomic E-state index is 10.3. The third-order valence-corrected chi connectivity index (χ3v) is 1.03. The molecule has 2 atom stereocenters. The molecule has 4 N–H and O–H groups in total. The number of Topliss-reactive ketones (excluding diaryl/α,β-unsaturated/α-hetero) is 1. The van der Waals surface area contributed by atoms with Crippen molar-refractivity contribution in [2.24, 2.45) is 0 Å². The fraction of sp³-hybridized carbons (Fsp3) is 0.600. The van der Waals surface area contributed by atoms with Gasteiger partial charge >= 0.3 is 5.97 Å². The maximum Gasteiger partial charge on any atom is 0.375 e. The molecule has 11 heavy (non-hydrogen) atoms. The lowest BCUT2D eigenvalue weighted by Crippen LogP contribution is -2.40. The Morgan fingerprint density at radius 2 is 1.73 bits per heavy atom. The summed E-state index contributed by atoms with van der Waals surface area (Å²) in [6, 6.07) is 0. The molecule has 0 unspecified atom stereocenters. The first-order valence-corrected chi connectivity index (χ1v) is 2.74. The van der Waals surface area contributed by atoms with E-state index in [-0.39, 0.29) is 0 Å². The minimum atomic E-state index is -2.06. The number of hydrogen-bond acceptors (Lipinski definition) is 5. The number of aliphatic hydroxyl groups excluding tert-OH is 3. The molecule has 0 bridgehead atoms. The van der Waals surface area contributed by atoms with Crippen LogP contribution in [0.5, 0.6) is 0 Å². The molecular formula is C5H8O6. The van der Waals surface area contributed by atoms with Crippen molar-refractivity contribution in [1.29, 1.82) is 0 Å². The van der Waals surface area contributed by atoms with Crippen LogP contribution >= 0.6 is 0 Å². The lowest BCUT2D eigenvalue weighted by Gasteiger charge is -2.10. The van der Waals surface area contributed by atoms with Crippen LogP contribution in [0.4, 0.5) is 0 Å². The summed E-state index contributed by atoms with van der Waals surface area (Å²) in [4.78, 5) is 20.2. The highest BCUT2D eigenvalue weighted by atomic mass is 16.4. The number of carbonyl (C=O) groups is 2. The van der Waals surface area contributed by atoms with Crippen LogP contribution in [-0.2, 0) is 9.59 Å². The second-order valence-corrected chi connectivity index (χ2v) is 1.86. The molecule has 6 heteroatoms. The molecule has 0 saturated carbocycles. The third-order valence-electron chi connectivity index (χ3n) is 1.03. The Bertz CT molecular complexity index is 164. The molecular weight excluding hydrogens is 156 g/mol. The van der Waals surface area contributed by atoms with Crippen molar-refractivity contribution >= 4 is 11.8 Å². The van der Waals surface area contributed by atoms with E-state index in [2.05, 4.69) is 0 Å². The highest BCUT2D eigenvalue weighted by molar-refractivity contribution is 6.34. The molecule has 0 heterocycles. The van der Waals surface area contributed by atoms with Crippen LogP contribution in [-0.4, -0.2) is 51.0 Å². The Labute approximate surface area is 61.7 Å². The Morgan fingerprint density at radius 1 is 1.27 bits per heavy atom. The largest absolute Gasteiger partial charge is 0.475 e. The number of rotatable bonds is 4. The summed E-state index contributed by atoms with van der Waals surface area (Å²) >= 11 is 0. The van der Waals surface area contributed by atoms with Gasteiger partial charge in [-0.2, -0.15) is 0 Å². The van der Waals surface area contributed by atoms with E-state index in [9.17, 15) is 9.59 Å². The van der Waals surface area contributed by atoms with Crippen LogP contribution in [0.15, 0.2) is 0 Å². The molecule has 64 valence electrons. The topological polar surface area (TPSA) is 115 Å². The van der Waals surface area contributed by atoms with Crippen molar-refractivity contribution in [1.82, 2.24) is 0 Å². The average molecular weight is 164 g/mol. The van der Waals surface area contributed by atoms with Gasteiger partial charge in [0.05, 0.1) is 6.61 Å². The first-order chi connectivity index (χ1) is 5.00. The highest BCUT2D eigenvalue weighted by Gasteiger charge is 2.28. The van der Waals surface area contributed by atoms with Gasteiger partial charge in [0.25, 0.3) is 5.78 Å². The molecule has 0 spiro atoms. The predicted molar refractivity (Wildman–Crippen MR) is 31.7 cm³/mol. The Kier molecular flexibility index (Phi) is 3.66. The summed E-state index contributed by atoms with van der Waals surface area (Å²) in [6.07, 6.45) is -3.80. The fourth-order valence-corrected chi connectivity index (χ4v) is 0.401. The molecule has 0 rings (SSSR count). The lowest BCUT2D eigenvalue weighted by atomic mass is 10.1. The van der Waals surface area contributed by atoms with Gasteiger partial charge in [0, 0.05) is 0 Å². The van der Waals surface area contributed by atoms with Gasteiger partial charge in [0.15, 0.2) is 6.10 Å². The van der Waals surface area contributed by atoms with Crippen molar-refractivity contribution in [2.45, 2.75) is 12.2 Å². The zero-order valence-electron chi connectivity index (χ0n) is 5.47. The maximum absolute atomic E-state index is 10.3. The van der Waals surface area contributed by atoms with E-state index >= 15 is 0 Å². The van der Waals surface area contributed by atoms with E-state index in [0.29, 0.717) is 0 Å². The van der Waals surface area contributed by atoms with Gasteiger partial charge < -0.3 is 20.4 Å². The third kappa shape index (κ3) is 2.62. The van der Waals surface area contributed by atoms with Gasteiger partial charge in [-0.3, -0.25) is 4.79 Å². The summed E-state index contributed by atoms with van der Waals surface area (Å²) in [6.45, 7) is -0.861. The Morgan fingerprint density at radius 3 is 2.00 bits per heavy atom. The Balaban J connectivity index is 4.13. The molecule has 0 aliphatic rings. The molecule has 6 nitrogen and oxygen atoms in total. The van der Waals surface area contributed by atoms with Crippen molar-refractivity contribution in [3.8, 4) is 0 Å². The summed E-state index contributed by atoms with van der Waals surface area (Å²) in [5, 5.41) is 33.4. The first-order valence-electron chi connectivity index (χ1n) is 2.74. The molecule has 0 amide bonds. The average Bonchev–Trinajstić information content (AvgIpc) is 2.00. The van der Waals surface area contributed by atoms with Crippen molar-refractivity contribution < 1.29 is 30.0 Å². The zero-order valence-corrected chi connectivity index (χ0v) is 5.47. The van der Waals surface area contributed by atoms with Crippen molar-refractivity contribution in [3.05, 3.63) is 0 Å². The standard InChI is InChI=1S/C5H8O6/c6-1-2(7)3(8)4(9)5(10)11/h2-3,6-8H,1H2,(H,10,11)/t2-,3-/m0/s1. The summed E-state index contributed by atoms with van der Waals surface area (Å²) in [7, 11) is 0. The molecule has 0 aliphatic heterocycles. The van der Waals surface area contributed by atoms with Crippen LogP contribution < -0.4 is 0 Å². The molecule has 0 aromatic carbocycles. The predicted octanol–water partition coefficient (Wildman–Crippen LogP) is -2.65. The van der Waals surface area contributed by atoms with E-state index in [4.69, 9.17) is 20.4 Å². The number of carbonyl (C=O) groups excluding carboxylic acids is 1. The van der Waals surface area contributed by atoms with Crippen LogP contribution in [0.3, 0.4) is 0 Å². The lowest BCUT2D eigenvalue weighted by molar-refractivity contribution is -0.156. The van der Waals surface area contributed by atoms with Gasteiger partial charge in [-0.05, 0) is 0 Å². The molecule has 0 aromatic heterocycles. The van der Waals surface area contributed by atoms with Crippen LogP contribution in [0, 0.1) is 0 Å². The van der Waals surface area contributed by atoms with Gasteiger partial charge in [-0.1, -0.05) is 0 Å². The number of ketones is 1. The number of aliphatic carboxylic acids is 1. The van der Waals surface area contributed by atoms with E-state index in [1.807, 2.05) is 0 Å². The van der Waals surface area contributed by atoms with E-state index in [1.165, 1.54) is 0 Å². The van der Waals surface area contributed by atoms with Crippen LogP contribution in [0.1, 0.15) is 0 Å². The second-order valence-electron chi connectivity index (χ2n) is 1.86. The van der Waals surface area contributed by atoms with E-state index < -0.39 is 30.6 Å². The zero-order chi connectivity index (χ0) is 9.02. The molecule has 0 fully saturated rings. The van der Waals surface area contributed by atoms with Gasteiger partial charge in [0.1, 0.15) is 6.10 Å². The van der Waals surface area contributed by atoms with E-state index in [1.54, 1.807) is 0 Å². The summed E-state index contributed by atoms with van der Waals surface area (Å²) in [5.41, 5.74) is 0. The number of aliphatic hydroxyl groups is 3. The Hall–Kier alpha value is -0.980. The number of carboxylic acids is 1. The molecule has 0 saturated heterocycles. The summed E-state index contributed by atoms with van der Waals surface area (Å²) in [5.74, 6) is -3.38. The second kappa shape index (κ2) is 4.02. The first kappa shape index (κ1) is 10.0.